The number of methoxy groups -OCH3 is 2. The molecule has 0 unspecified atom stereocenters. The SMILES string of the molecule is COc1ccc(C(=O)NCc2cccc(-c3ncc(-c4cccc(OC)c4)[nH]3)c2)cc1. The van der Waals surface area contributed by atoms with E-state index in [0.29, 0.717) is 12.1 Å². The van der Waals surface area contributed by atoms with E-state index in [0.717, 1.165) is 39.7 Å². The Kier molecular flexibility index (Phi) is 5.98. The maximum absolute atomic E-state index is 12.4. The fourth-order valence-corrected chi connectivity index (χ4v) is 3.26. The Balaban J connectivity index is 1.46. The van der Waals surface area contributed by atoms with Gasteiger partial charge in [0.2, 0.25) is 0 Å². The molecule has 0 fully saturated rings. The molecule has 1 aromatic heterocycles. The fourth-order valence-electron chi connectivity index (χ4n) is 3.26. The number of benzene rings is 3. The lowest BCUT2D eigenvalue weighted by atomic mass is 10.1. The van der Waals surface area contributed by atoms with E-state index in [4.69, 9.17) is 9.47 Å². The minimum Gasteiger partial charge on any atom is -0.497 e. The molecule has 4 aromatic rings. The molecule has 0 spiro atoms. The van der Waals surface area contributed by atoms with Gasteiger partial charge in [-0.15, -0.1) is 0 Å². The van der Waals surface area contributed by atoms with Crippen molar-refractivity contribution in [2.75, 3.05) is 14.2 Å². The van der Waals surface area contributed by atoms with Crippen LogP contribution in [0.25, 0.3) is 22.6 Å². The molecule has 0 radical (unpaired) electrons. The van der Waals surface area contributed by atoms with Gasteiger partial charge in [0, 0.05) is 23.2 Å². The van der Waals surface area contributed by atoms with Crippen LogP contribution in [0.4, 0.5) is 0 Å². The van der Waals surface area contributed by atoms with Crippen molar-refractivity contribution in [3.63, 3.8) is 0 Å². The summed E-state index contributed by atoms with van der Waals surface area (Å²) in [7, 11) is 3.25. The van der Waals surface area contributed by atoms with Crippen LogP contribution in [0.3, 0.4) is 0 Å². The zero-order valence-corrected chi connectivity index (χ0v) is 17.4. The molecule has 0 aliphatic carbocycles. The molecule has 2 N–H and O–H groups in total. The molecule has 0 atom stereocenters. The maximum atomic E-state index is 12.4. The molecule has 0 aliphatic rings. The summed E-state index contributed by atoms with van der Waals surface area (Å²) in [6.07, 6.45) is 1.81. The maximum Gasteiger partial charge on any atom is 0.251 e. The summed E-state index contributed by atoms with van der Waals surface area (Å²) in [6, 6.07) is 22.8. The highest BCUT2D eigenvalue weighted by Gasteiger charge is 2.09. The van der Waals surface area contributed by atoms with Gasteiger partial charge < -0.3 is 19.8 Å². The summed E-state index contributed by atoms with van der Waals surface area (Å²) in [5.74, 6) is 2.15. The van der Waals surface area contributed by atoms with Gasteiger partial charge in [0.05, 0.1) is 26.1 Å². The van der Waals surface area contributed by atoms with Crippen LogP contribution in [0.1, 0.15) is 15.9 Å². The number of nitrogens with zero attached hydrogens (tertiary/aromatic N) is 1. The molecule has 0 saturated heterocycles. The highest BCUT2D eigenvalue weighted by molar-refractivity contribution is 5.94. The summed E-state index contributed by atoms with van der Waals surface area (Å²) in [5.41, 5.74) is 4.43. The van der Waals surface area contributed by atoms with Crippen LogP contribution >= 0.6 is 0 Å². The fraction of sp³-hybridized carbons (Fsp3) is 0.120. The van der Waals surface area contributed by atoms with Crippen molar-refractivity contribution in [2.45, 2.75) is 6.54 Å². The first kappa shape index (κ1) is 20.2. The second-order valence-corrected chi connectivity index (χ2v) is 6.99. The molecule has 3 aromatic carbocycles. The Morgan fingerprint density at radius 3 is 2.42 bits per heavy atom. The normalized spacial score (nSPS) is 10.5. The topological polar surface area (TPSA) is 76.2 Å². The van der Waals surface area contributed by atoms with Crippen LogP contribution in [-0.4, -0.2) is 30.1 Å². The van der Waals surface area contributed by atoms with Gasteiger partial charge in [0.15, 0.2) is 0 Å². The third kappa shape index (κ3) is 4.75. The van der Waals surface area contributed by atoms with Crippen molar-refractivity contribution in [1.82, 2.24) is 15.3 Å². The van der Waals surface area contributed by atoms with Crippen LogP contribution in [0.5, 0.6) is 11.5 Å². The highest BCUT2D eigenvalue weighted by Crippen LogP contribution is 2.25. The largest absolute Gasteiger partial charge is 0.497 e. The third-order valence-electron chi connectivity index (χ3n) is 4.96. The van der Waals surface area contributed by atoms with E-state index in [-0.39, 0.29) is 5.91 Å². The van der Waals surface area contributed by atoms with Crippen molar-refractivity contribution >= 4 is 5.91 Å². The Labute approximate surface area is 180 Å². The van der Waals surface area contributed by atoms with Gasteiger partial charge in [-0.2, -0.15) is 0 Å². The predicted octanol–water partition coefficient (Wildman–Crippen LogP) is 4.69. The summed E-state index contributed by atoms with van der Waals surface area (Å²) in [5, 5.41) is 2.95. The Bertz CT molecular complexity index is 1180. The summed E-state index contributed by atoms with van der Waals surface area (Å²) >= 11 is 0. The van der Waals surface area contributed by atoms with Crippen molar-refractivity contribution in [2.24, 2.45) is 0 Å². The Morgan fingerprint density at radius 1 is 0.903 bits per heavy atom. The quantitative estimate of drug-likeness (QED) is 0.461. The highest BCUT2D eigenvalue weighted by atomic mass is 16.5. The zero-order chi connectivity index (χ0) is 21.6. The number of aromatic amines is 1. The number of carbonyl (C=O) groups excluding carboxylic acids is 1. The van der Waals surface area contributed by atoms with E-state index in [1.807, 2.05) is 54.7 Å². The summed E-state index contributed by atoms with van der Waals surface area (Å²) < 4.78 is 10.4. The van der Waals surface area contributed by atoms with Gasteiger partial charge in [-0.3, -0.25) is 4.79 Å². The molecule has 0 aliphatic heterocycles. The van der Waals surface area contributed by atoms with Crippen molar-refractivity contribution in [1.29, 1.82) is 0 Å². The molecule has 0 saturated carbocycles. The lowest BCUT2D eigenvalue weighted by Gasteiger charge is -2.07. The lowest BCUT2D eigenvalue weighted by molar-refractivity contribution is 0.0951. The van der Waals surface area contributed by atoms with Crippen LogP contribution in [0, 0.1) is 0 Å². The summed E-state index contributed by atoms with van der Waals surface area (Å²) in [4.78, 5) is 20.3. The van der Waals surface area contributed by atoms with Gasteiger partial charge >= 0.3 is 0 Å². The number of hydrogen-bond acceptors (Lipinski definition) is 4. The van der Waals surface area contributed by atoms with Gasteiger partial charge in [0.25, 0.3) is 5.91 Å². The van der Waals surface area contributed by atoms with Crippen molar-refractivity contribution in [3.05, 3.63) is 90.1 Å². The smallest absolute Gasteiger partial charge is 0.251 e. The van der Waals surface area contributed by atoms with Crippen molar-refractivity contribution in [3.8, 4) is 34.1 Å². The number of amides is 1. The first-order valence-corrected chi connectivity index (χ1v) is 9.87. The van der Waals surface area contributed by atoms with Crippen LogP contribution < -0.4 is 14.8 Å². The van der Waals surface area contributed by atoms with Crippen molar-refractivity contribution < 1.29 is 14.3 Å². The molecule has 0 bridgehead atoms. The molecule has 31 heavy (non-hydrogen) atoms. The molecule has 1 amide bonds. The molecular formula is C25H23N3O3. The van der Waals surface area contributed by atoms with E-state index in [9.17, 15) is 4.79 Å². The number of aromatic nitrogens is 2. The van der Waals surface area contributed by atoms with Gasteiger partial charge in [0.1, 0.15) is 17.3 Å². The average molecular weight is 413 g/mol. The molecular weight excluding hydrogens is 390 g/mol. The van der Waals surface area contributed by atoms with E-state index in [1.165, 1.54) is 0 Å². The van der Waals surface area contributed by atoms with Gasteiger partial charge in [-0.25, -0.2) is 4.98 Å². The number of imidazole rings is 1. The first-order valence-electron chi connectivity index (χ1n) is 9.87. The molecule has 6 nitrogen and oxygen atoms in total. The lowest BCUT2D eigenvalue weighted by Crippen LogP contribution is -2.22. The van der Waals surface area contributed by atoms with E-state index in [2.05, 4.69) is 15.3 Å². The first-order chi connectivity index (χ1) is 15.2. The number of H-pyrrole nitrogens is 1. The Hall–Kier alpha value is -4.06. The average Bonchev–Trinajstić information content (AvgIpc) is 3.33. The van der Waals surface area contributed by atoms with Crippen LogP contribution in [0.15, 0.2) is 79.0 Å². The number of rotatable bonds is 7. The van der Waals surface area contributed by atoms with Crippen LogP contribution in [0.2, 0.25) is 0 Å². The van der Waals surface area contributed by atoms with E-state index in [1.54, 1.807) is 38.5 Å². The molecule has 4 rings (SSSR count). The number of carbonyl (C=O) groups is 1. The van der Waals surface area contributed by atoms with E-state index < -0.39 is 0 Å². The van der Waals surface area contributed by atoms with Crippen LogP contribution in [-0.2, 0) is 6.54 Å². The van der Waals surface area contributed by atoms with Gasteiger partial charge in [-0.05, 0) is 48.0 Å². The molecule has 6 heteroatoms. The Morgan fingerprint density at radius 2 is 1.65 bits per heavy atom. The van der Waals surface area contributed by atoms with E-state index >= 15 is 0 Å². The second-order valence-electron chi connectivity index (χ2n) is 6.99. The standard InChI is InChI=1S/C25H23N3O3/c1-30-21-11-9-18(10-12-21)25(29)27-15-17-5-3-7-20(13-17)24-26-16-23(28-24)19-6-4-8-22(14-19)31-2/h3-14,16H,15H2,1-2H3,(H,26,28)(H,27,29). The predicted molar refractivity (Wildman–Crippen MR) is 120 cm³/mol. The molecule has 156 valence electrons. The second kappa shape index (κ2) is 9.17. The number of nitrogens with one attached hydrogen (secondary N) is 2. The minimum atomic E-state index is -0.133. The summed E-state index contributed by atoms with van der Waals surface area (Å²) in [6.45, 7) is 0.419. The monoisotopic (exact) mass is 413 g/mol. The number of ether oxygens (including phenoxy) is 2. The number of hydrogen-bond donors (Lipinski definition) is 2. The third-order valence-corrected chi connectivity index (χ3v) is 4.96. The van der Waals surface area contributed by atoms with Gasteiger partial charge in [-0.1, -0.05) is 30.3 Å². The minimum absolute atomic E-state index is 0.133. The molecule has 1 heterocycles. The zero-order valence-electron chi connectivity index (χ0n) is 17.4.